The van der Waals surface area contributed by atoms with Crippen LogP contribution in [-0.4, -0.2) is 16.3 Å². The summed E-state index contributed by atoms with van der Waals surface area (Å²) in [5, 5.41) is 1.01. The van der Waals surface area contributed by atoms with E-state index >= 15 is 0 Å². The van der Waals surface area contributed by atoms with Gasteiger partial charge in [0, 0.05) is 17.1 Å². The third kappa shape index (κ3) is 2.70. The van der Waals surface area contributed by atoms with Crippen molar-refractivity contribution in [1.82, 2.24) is 4.57 Å². The first kappa shape index (κ1) is 13.4. The second kappa shape index (κ2) is 4.57. The molecule has 0 amide bonds. The fraction of sp³-hybridized carbons (Fsp3) is 0.312. The summed E-state index contributed by atoms with van der Waals surface area (Å²) in [7, 11) is 0. The minimum absolute atomic E-state index is 0.365. The third-order valence-corrected chi connectivity index (χ3v) is 2.76. The quantitative estimate of drug-likeness (QED) is 0.755. The van der Waals surface area contributed by atoms with Crippen molar-refractivity contribution < 1.29 is 9.53 Å². The van der Waals surface area contributed by atoms with E-state index in [0.29, 0.717) is 0 Å². The van der Waals surface area contributed by atoms with Crippen molar-refractivity contribution in [2.24, 2.45) is 0 Å². The van der Waals surface area contributed by atoms with Crippen LogP contribution in [0.4, 0.5) is 4.79 Å². The molecule has 3 heteroatoms. The van der Waals surface area contributed by atoms with Crippen LogP contribution in [0, 0.1) is 0 Å². The van der Waals surface area contributed by atoms with Gasteiger partial charge in [-0.3, -0.25) is 4.57 Å². The Labute approximate surface area is 113 Å². The lowest BCUT2D eigenvalue weighted by Crippen LogP contribution is -2.26. The minimum Gasteiger partial charge on any atom is -0.443 e. The Morgan fingerprint density at radius 2 is 1.89 bits per heavy atom. The van der Waals surface area contributed by atoms with Crippen molar-refractivity contribution in [3.8, 4) is 0 Å². The minimum atomic E-state index is -0.508. The van der Waals surface area contributed by atoms with E-state index in [1.165, 1.54) is 0 Å². The first-order valence-corrected chi connectivity index (χ1v) is 6.29. The number of rotatable bonds is 1. The van der Waals surface area contributed by atoms with E-state index in [1.807, 2.05) is 52.0 Å². The van der Waals surface area contributed by atoms with Gasteiger partial charge < -0.3 is 4.74 Å². The highest BCUT2D eigenvalue weighted by molar-refractivity contribution is 5.97. The Bertz CT molecular complexity index is 644. The average molecular weight is 257 g/mol. The highest BCUT2D eigenvalue weighted by Gasteiger charge is 2.20. The molecule has 1 heterocycles. The molecule has 0 unspecified atom stereocenters. The molecule has 0 aliphatic rings. The lowest BCUT2D eigenvalue weighted by atomic mass is 10.1. The molecule has 3 nitrogen and oxygen atoms in total. The molecule has 0 aliphatic carbocycles. The molecular weight excluding hydrogens is 238 g/mol. The second-order valence-electron chi connectivity index (χ2n) is 5.69. The van der Waals surface area contributed by atoms with E-state index < -0.39 is 5.60 Å². The molecule has 1 aromatic heterocycles. The van der Waals surface area contributed by atoms with Crippen LogP contribution in [0.1, 0.15) is 33.3 Å². The van der Waals surface area contributed by atoms with E-state index in [9.17, 15) is 4.79 Å². The number of nitrogens with zero attached hydrogens (tertiary/aromatic N) is 1. The zero-order chi connectivity index (χ0) is 14.2. The maximum absolute atomic E-state index is 12.2. The van der Waals surface area contributed by atoms with Crippen molar-refractivity contribution in [2.45, 2.75) is 33.3 Å². The molecule has 1 aromatic carbocycles. The van der Waals surface area contributed by atoms with Gasteiger partial charge in [-0.1, -0.05) is 24.8 Å². The SMILES string of the molecule is C=C(C)c1cn(C(=O)OC(C)(C)C)c2ccccc12. The van der Waals surface area contributed by atoms with E-state index in [2.05, 4.69) is 6.58 Å². The molecule has 100 valence electrons. The molecule has 0 aliphatic heterocycles. The van der Waals surface area contributed by atoms with Gasteiger partial charge in [0.25, 0.3) is 0 Å². The summed E-state index contributed by atoms with van der Waals surface area (Å²) in [5.41, 5.74) is 2.24. The molecule has 0 radical (unpaired) electrons. The van der Waals surface area contributed by atoms with Crippen LogP contribution >= 0.6 is 0 Å². The van der Waals surface area contributed by atoms with Crippen molar-refractivity contribution in [2.75, 3.05) is 0 Å². The molecule has 0 spiro atoms. The van der Waals surface area contributed by atoms with Crippen molar-refractivity contribution >= 4 is 22.6 Å². The van der Waals surface area contributed by atoms with Gasteiger partial charge in [-0.25, -0.2) is 4.79 Å². The van der Waals surface area contributed by atoms with E-state index in [4.69, 9.17) is 4.74 Å². The smallest absolute Gasteiger partial charge is 0.419 e. The summed E-state index contributed by atoms with van der Waals surface area (Å²) in [4.78, 5) is 12.2. The zero-order valence-electron chi connectivity index (χ0n) is 11.9. The zero-order valence-corrected chi connectivity index (χ0v) is 11.9. The van der Waals surface area contributed by atoms with Crippen LogP contribution in [0.25, 0.3) is 16.5 Å². The van der Waals surface area contributed by atoms with Crippen molar-refractivity contribution in [1.29, 1.82) is 0 Å². The number of hydrogen-bond donors (Lipinski definition) is 0. The largest absolute Gasteiger partial charge is 0.443 e. The third-order valence-electron chi connectivity index (χ3n) is 2.76. The highest BCUT2D eigenvalue weighted by Crippen LogP contribution is 2.26. The Morgan fingerprint density at radius 1 is 1.26 bits per heavy atom. The van der Waals surface area contributed by atoms with Gasteiger partial charge in [-0.2, -0.15) is 0 Å². The van der Waals surface area contributed by atoms with Crippen LogP contribution in [0.15, 0.2) is 37.0 Å². The highest BCUT2D eigenvalue weighted by atomic mass is 16.6. The molecule has 0 bridgehead atoms. The summed E-state index contributed by atoms with van der Waals surface area (Å²) in [5.74, 6) is 0. The molecule has 2 rings (SSSR count). The molecule has 0 atom stereocenters. The molecular formula is C16H19NO2. The Morgan fingerprint density at radius 3 is 2.47 bits per heavy atom. The number of aromatic nitrogens is 1. The number of hydrogen-bond acceptors (Lipinski definition) is 2. The summed E-state index contributed by atoms with van der Waals surface area (Å²) in [6.45, 7) is 11.5. The van der Waals surface area contributed by atoms with Gasteiger partial charge in [0.05, 0.1) is 5.52 Å². The molecule has 0 saturated carbocycles. The fourth-order valence-electron chi connectivity index (χ4n) is 1.98. The van der Waals surface area contributed by atoms with Gasteiger partial charge >= 0.3 is 6.09 Å². The van der Waals surface area contributed by atoms with Gasteiger partial charge in [0.15, 0.2) is 0 Å². The molecule has 0 fully saturated rings. The normalized spacial score (nSPS) is 11.6. The van der Waals surface area contributed by atoms with Crippen LogP contribution in [0.5, 0.6) is 0 Å². The summed E-state index contributed by atoms with van der Waals surface area (Å²) in [6, 6.07) is 7.76. The number of fused-ring (bicyclic) bond motifs is 1. The van der Waals surface area contributed by atoms with Crippen LogP contribution in [-0.2, 0) is 4.74 Å². The number of ether oxygens (including phenoxy) is 1. The number of benzene rings is 1. The Balaban J connectivity index is 2.55. The predicted molar refractivity (Wildman–Crippen MR) is 78.3 cm³/mol. The predicted octanol–water partition coefficient (Wildman–Crippen LogP) is 4.46. The summed E-state index contributed by atoms with van der Waals surface area (Å²) < 4.78 is 6.97. The Kier molecular flexibility index (Phi) is 3.23. The average Bonchev–Trinajstić information content (AvgIpc) is 2.66. The van der Waals surface area contributed by atoms with Gasteiger partial charge in [0.1, 0.15) is 5.60 Å². The summed E-state index contributed by atoms with van der Waals surface area (Å²) >= 11 is 0. The lowest BCUT2D eigenvalue weighted by Gasteiger charge is -2.19. The van der Waals surface area contributed by atoms with E-state index in [-0.39, 0.29) is 6.09 Å². The van der Waals surface area contributed by atoms with E-state index in [0.717, 1.165) is 22.0 Å². The lowest BCUT2D eigenvalue weighted by molar-refractivity contribution is 0.0544. The molecule has 19 heavy (non-hydrogen) atoms. The fourth-order valence-corrected chi connectivity index (χ4v) is 1.98. The second-order valence-corrected chi connectivity index (χ2v) is 5.69. The maximum Gasteiger partial charge on any atom is 0.419 e. The Hall–Kier alpha value is -2.03. The van der Waals surface area contributed by atoms with Crippen LogP contribution < -0.4 is 0 Å². The van der Waals surface area contributed by atoms with Gasteiger partial charge in [-0.05, 0) is 39.3 Å². The standard InChI is InChI=1S/C16H19NO2/c1-11(2)13-10-17(15(18)19-16(3,4)5)14-9-7-6-8-12(13)14/h6-10H,1H2,2-5H3. The van der Waals surface area contributed by atoms with Crippen molar-refractivity contribution in [3.63, 3.8) is 0 Å². The summed E-state index contributed by atoms with van der Waals surface area (Å²) in [6.07, 6.45) is 1.43. The molecule has 0 N–H and O–H groups in total. The topological polar surface area (TPSA) is 31.2 Å². The monoisotopic (exact) mass is 257 g/mol. The molecule has 0 saturated heterocycles. The number of carbonyl (C=O) groups is 1. The van der Waals surface area contributed by atoms with Gasteiger partial charge in [-0.15, -0.1) is 0 Å². The van der Waals surface area contributed by atoms with Crippen LogP contribution in [0.3, 0.4) is 0 Å². The maximum atomic E-state index is 12.2. The molecule has 2 aromatic rings. The first-order chi connectivity index (χ1) is 8.79. The van der Waals surface area contributed by atoms with Crippen molar-refractivity contribution in [3.05, 3.63) is 42.6 Å². The van der Waals surface area contributed by atoms with Crippen LogP contribution in [0.2, 0.25) is 0 Å². The number of para-hydroxylation sites is 1. The van der Waals surface area contributed by atoms with E-state index in [1.54, 1.807) is 10.8 Å². The first-order valence-electron chi connectivity index (χ1n) is 6.29. The number of allylic oxidation sites excluding steroid dienone is 1. The number of carbonyl (C=O) groups excluding carboxylic acids is 1. The van der Waals surface area contributed by atoms with Gasteiger partial charge in [0.2, 0.25) is 0 Å².